The van der Waals surface area contributed by atoms with E-state index in [0.717, 1.165) is 11.3 Å². The first kappa shape index (κ1) is 22.8. The lowest BCUT2D eigenvalue weighted by atomic mass is 10.1. The number of anilines is 1. The molecule has 0 atom stereocenters. The second-order valence-electron chi connectivity index (χ2n) is 7.08. The van der Waals surface area contributed by atoms with Gasteiger partial charge in [0.05, 0.1) is 6.21 Å². The molecule has 162 valence electrons. The number of benzene rings is 3. The van der Waals surface area contributed by atoms with Crippen LogP contribution in [0.5, 0.6) is 0 Å². The average Bonchev–Trinajstić information content (AvgIpc) is 2.80. The maximum atomic E-state index is 12.8. The van der Waals surface area contributed by atoms with Gasteiger partial charge < -0.3 is 10.2 Å². The van der Waals surface area contributed by atoms with Crippen molar-refractivity contribution >= 4 is 41.4 Å². The van der Waals surface area contributed by atoms with Crippen LogP contribution in [-0.4, -0.2) is 32.1 Å². The maximum absolute atomic E-state index is 12.8. The Morgan fingerprint density at radius 1 is 0.906 bits per heavy atom. The molecule has 0 spiro atoms. The van der Waals surface area contributed by atoms with Crippen molar-refractivity contribution in [3.05, 3.63) is 106 Å². The Kier molecular flexibility index (Phi) is 7.78. The van der Waals surface area contributed by atoms with Crippen molar-refractivity contribution in [2.24, 2.45) is 5.10 Å². The molecule has 0 fully saturated rings. The summed E-state index contributed by atoms with van der Waals surface area (Å²) in [5.74, 6) is -0.957. The van der Waals surface area contributed by atoms with Gasteiger partial charge in [0.1, 0.15) is 5.70 Å². The molecular formula is C25H23ClN4O2. The lowest BCUT2D eigenvalue weighted by Gasteiger charge is -2.12. The fourth-order valence-corrected chi connectivity index (χ4v) is 2.96. The van der Waals surface area contributed by atoms with Crippen molar-refractivity contribution in [1.29, 1.82) is 0 Å². The number of hydrogen-bond acceptors (Lipinski definition) is 4. The Balaban J connectivity index is 1.82. The maximum Gasteiger partial charge on any atom is 0.287 e. The Morgan fingerprint density at radius 2 is 1.56 bits per heavy atom. The van der Waals surface area contributed by atoms with E-state index in [1.54, 1.807) is 48.5 Å². The van der Waals surface area contributed by atoms with Crippen LogP contribution in [0.1, 0.15) is 21.5 Å². The minimum atomic E-state index is -0.561. The number of nitrogens with one attached hydrogen (secondary N) is 2. The molecule has 0 saturated heterocycles. The molecule has 0 saturated carbocycles. The standard InChI is InChI=1S/C25H23ClN4O2/c1-30(2)21-14-12-18(13-15-21)16-23(28-24(31)19-8-4-3-5-9-19)25(32)29-27-17-20-10-6-7-11-22(20)26/h3-17H,1-2H3,(H,28,31)(H,29,32)/b23-16-,27-17-. The van der Waals surface area contributed by atoms with E-state index in [4.69, 9.17) is 11.6 Å². The largest absolute Gasteiger partial charge is 0.378 e. The molecule has 2 N–H and O–H groups in total. The van der Waals surface area contributed by atoms with Crippen LogP contribution in [0, 0.1) is 0 Å². The molecule has 2 amide bonds. The third kappa shape index (κ3) is 6.30. The number of nitrogens with zero attached hydrogens (tertiary/aromatic N) is 2. The molecule has 3 aromatic rings. The van der Waals surface area contributed by atoms with Crippen LogP contribution in [-0.2, 0) is 4.79 Å². The van der Waals surface area contributed by atoms with Crippen LogP contribution < -0.4 is 15.6 Å². The minimum Gasteiger partial charge on any atom is -0.378 e. The predicted molar refractivity (Wildman–Crippen MR) is 130 cm³/mol. The first-order valence-corrected chi connectivity index (χ1v) is 10.3. The zero-order chi connectivity index (χ0) is 22.9. The van der Waals surface area contributed by atoms with E-state index in [1.807, 2.05) is 55.4 Å². The number of carbonyl (C=O) groups excluding carboxylic acids is 2. The predicted octanol–water partition coefficient (Wildman–Crippen LogP) is 4.33. The number of hydrazone groups is 1. The lowest BCUT2D eigenvalue weighted by Crippen LogP contribution is -2.32. The van der Waals surface area contributed by atoms with Crippen molar-refractivity contribution in [1.82, 2.24) is 10.7 Å². The topological polar surface area (TPSA) is 73.8 Å². The highest BCUT2D eigenvalue weighted by Crippen LogP contribution is 2.15. The molecule has 0 aliphatic carbocycles. The van der Waals surface area contributed by atoms with E-state index < -0.39 is 11.8 Å². The van der Waals surface area contributed by atoms with Gasteiger partial charge in [-0.1, -0.05) is 60.1 Å². The summed E-state index contributed by atoms with van der Waals surface area (Å²) in [4.78, 5) is 27.4. The molecule has 6 nitrogen and oxygen atoms in total. The summed E-state index contributed by atoms with van der Waals surface area (Å²) in [5, 5.41) is 7.17. The smallest absolute Gasteiger partial charge is 0.287 e. The molecule has 0 aliphatic heterocycles. The van der Waals surface area contributed by atoms with Crippen LogP contribution in [0.3, 0.4) is 0 Å². The zero-order valence-electron chi connectivity index (χ0n) is 17.7. The highest BCUT2D eigenvalue weighted by Gasteiger charge is 2.14. The van der Waals surface area contributed by atoms with E-state index in [2.05, 4.69) is 15.8 Å². The molecule has 0 aromatic heterocycles. The number of halogens is 1. The van der Waals surface area contributed by atoms with Gasteiger partial charge in [0.15, 0.2) is 0 Å². The zero-order valence-corrected chi connectivity index (χ0v) is 18.5. The van der Waals surface area contributed by atoms with Crippen molar-refractivity contribution in [3.8, 4) is 0 Å². The van der Waals surface area contributed by atoms with Gasteiger partial charge in [0, 0.05) is 35.9 Å². The normalized spacial score (nSPS) is 11.3. The van der Waals surface area contributed by atoms with Gasteiger partial charge in [-0.2, -0.15) is 5.10 Å². The van der Waals surface area contributed by atoms with E-state index in [0.29, 0.717) is 16.1 Å². The third-order valence-corrected chi connectivity index (χ3v) is 4.87. The van der Waals surface area contributed by atoms with Crippen LogP contribution in [0.2, 0.25) is 5.02 Å². The molecule has 0 bridgehead atoms. The summed E-state index contributed by atoms with van der Waals surface area (Å²) in [6.45, 7) is 0. The first-order chi connectivity index (χ1) is 15.4. The summed E-state index contributed by atoms with van der Waals surface area (Å²) in [7, 11) is 3.89. The van der Waals surface area contributed by atoms with Crippen LogP contribution in [0.15, 0.2) is 89.7 Å². The molecule has 0 aliphatic rings. The van der Waals surface area contributed by atoms with Gasteiger partial charge in [-0.05, 0) is 42.0 Å². The Labute approximate surface area is 192 Å². The van der Waals surface area contributed by atoms with Crippen molar-refractivity contribution in [3.63, 3.8) is 0 Å². The summed E-state index contributed by atoms with van der Waals surface area (Å²) in [6, 6.07) is 23.4. The first-order valence-electron chi connectivity index (χ1n) is 9.87. The molecule has 0 unspecified atom stereocenters. The molecule has 3 aromatic carbocycles. The van der Waals surface area contributed by atoms with Gasteiger partial charge in [0.2, 0.25) is 0 Å². The monoisotopic (exact) mass is 446 g/mol. The molecule has 3 rings (SSSR count). The van der Waals surface area contributed by atoms with Crippen molar-refractivity contribution in [2.45, 2.75) is 0 Å². The third-order valence-electron chi connectivity index (χ3n) is 4.52. The Morgan fingerprint density at radius 3 is 2.22 bits per heavy atom. The summed E-state index contributed by atoms with van der Waals surface area (Å²) >= 11 is 6.11. The number of hydrogen-bond donors (Lipinski definition) is 2. The summed E-state index contributed by atoms with van der Waals surface area (Å²) in [6.07, 6.45) is 3.05. The van der Waals surface area contributed by atoms with Crippen LogP contribution >= 0.6 is 11.6 Å². The van der Waals surface area contributed by atoms with Crippen LogP contribution in [0.25, 0.3) is 6.08 Å². The number of carbonyl (C=O) groups is 2. The molecule has 0 heterocycles. The van der Waals surface area contributed by atoms with Crippen molar-refractivity contribution in [2.75, 3.05) is 19.0 Å². The summed E-state index contributed by atoms with van der Waals surface area (Å²) < 4.78 is 0. The minimum absolute atomic E-state index is 0.0627. The highest BCUT2D eigenvalue weighted by molar-refractivity contribution is 6.33. The second-order valence-corrected chi connectivity index (χ2v) is 7.49. The van der Waals surface area contributed by atoms with Gasteiger partial charge in [-0.15, -0.1) is 0 Å². The lowest BCUT2D eigenvalue weighted by molar-refractivity contribution is -0.117. The fraction of sp³-hybridized carbons (Fsp3) is 0.0800. The Hall–Kier alpha value is -3.90. The van der Waals surface area contributed by atoms with Crippen LogP contribution in [0.4, 0.5) is 5.69 Å². The average molecular weight is 447 g/mol. The Bertz CT molecular complexity index is 1140. The highest BCUT2D eigenvalue weighted by atomic mass is 35.5. The van der Waals surface area contributed by atoms with Gasteiger partial charge in [0.25, 0.3) is 11.8 Å². The fourth-order valence-electron chi connectivity index (χ4n) is 2.78. The second kappa shape index (κ2) is 10.9. The molecule has 32 heavy (non-hydrogen) atoms. The van der Waals surface area contributed by atoms with Gasteiger partial charge in [-0.3, -0.25) is 9.59 Å². The van der Waals surface area contributed by atoms with E-state index in [1.165, 1.54) is 6.21 Å². The SMILES string of the molecule is CN(C)c1ccc(/C=C(\NC(=O)c2ccccc2)C(=O)N/N=C\c2ccccc2Cl)cc1. The molecule has 7 heteroatoms. The van der Waals surface area contributed by atoms with Crippen molar-refractivity contribution < 1.29 is 9.59 Å². The van der Waals surface area contributed by atoms with Gasteiger partial charge >= 0.3 is 0 Å². The molecule has 0 radical (unpaired) electrons. The van der Waals surface area contributed by atoms with Gasteiger partial charge in [-0.25, -0.2) is 5.43 Å². The number of rotatable bonds is 7. The van der Waals surface area contributed by atoms with E-state index in [-0.39, 0.29) is 5.70 Å². The van der Waals surface area contributed by atoms with E-state index in [9.17, 15) is 9.59 Å². The summed E-state index contributed by atoms with van der Waals surface area (Å²) in [5.41, 5.74) is 5.38. The quantitative estimate of drug-likeness (QED) is 0.322. The number of amides is 2. The molecular weight excluding hydrogens is 424 g/mol. The van der Waals surface area contributed by atoms with E-state index >= 15 is 0 Å².